The topological polar surface area (TPSA) is 102 Å². The van der Waals surface area contributed by atoms with Crippen molar-refractivity contribution < 1.29 is 14.7 Å². The normalized spacial score (nSPS) is 11.9. The van der Waals surface area contributed by atoms with Gasteiger partial charge in [-0.3, -0.25) is 14.4 Å². The van der Waals surface area contributed by atoms with Crippen LogP contribution in [0.3, 0.4) is 0 Å². The summed E-state index contributed by atoms with van der Waals surface area (Å²) in [6, 6.07) is 21.8. The molecule has 4 aromatic rings. The lowest BCUT2D eigenvalue weighted by Crippen LogP contribution is -2.27. The monoisotopic (exact) mass is 505 g/mol. The van der Waals surface area contributed by atoms with Gasteiger partial charge in [0.1, 0.15) is 5.52 Å². The van der Waals surface area contributed by atoms with Crippen molar-refractivity contribution in [2.45, 2.75) is 19.4 Å². The lowest BCUT2D eigenvalue weighted by molar-refractivity contribution is -0.142. The summed E-state index contributed by atoms with van der Waals surface area (Å²) >= 11 is 3.41. The average molecular weight is 506 g/mol. The summed E-state index contributed by atoms with van der Waals surface area (Å²) in [5, 5.41) is 17.9. The third-order valence-corrected chi connectivity index (χ3v) is 6.01. The van der Waals surface area contributed by atoms with E-state index in [-0.39, 0.29) is 30.7 Å². The highest BCUT2D eigenvalue weighted by Crippen LogP contribution is 2.23. The van der Waals surface area contributed by atoms with E-state index in [1.807, 2.05) is 36.4 Å². The first-order valence-electron chi connectivity index (χ1n) is 10.4. The van der Waals surface area contributed by atoms with E-state index >= 15 is 0 Å². The van der Waals surface area contributed by atoms with Crippen molar-refractivity contribution in [2.75, 3.05) is 0 Å². The Morgan fingerprint density at radius 1 is 0.939 bits per heavy atom. The van der Waals surface area contributed by atoms with E-state index in [1.165, 1.54) is 0 Å². The summed E-state index contributed by atoms with van der Waals surface area (Å²) in [5.74, 6) is -2.29. The third-order valence-electron chi connectivity index (χ3n) is 5.48. The lowest BCUT2D eigenvalue weighted by atomic mass is 9.94. The Kier molecular flexibility index (Phi) is 6.74. The zero-order valence-electron chi connectivity index (χ0n) is 17.5. The Balaban J connectivity index is 1.44. The van der Waals surface area contributed by atoms with Crippen molar-refractivity contribution in [3.05, 3.63) is 93.2 Å². The van der Waals surface area contributed by atoms with Crippen LogP contribution in [-0.4, -0.2) is 31.9 Å². The van der Waals surface area contributed by atoms with E-state index in [1.54, 1.807) is 36.4 Å². The van der Waals surface area contributed by atoms with Gasteiger partial charge in [-0.1, -0.05) is 69.7 Å². The molecule has 0 saturated heterocycles. The van der Waals surface area contributed by atoms with Crippen LogP contribution >= 0.6 is 15.9 Å². The number of aliphatic carboxylic acids is 1. The molecule has 1 N–H and O–H groups in total. The van der Waals surface area contributed by atoms with E-state index in [9.17, 15) is 19.5 Å². The van der Waals surface area contributed by atoms with E-state index < -0.39 is 11.9 Å². The van der Waals surface area contributed by atoms with E-state index in [2.05, 4.69) is 26.2 Å². The van der Waals surface area contributed by atoms with Crippen molar-refractivity contribution >= 4 is 38.6 Å². The molecule has 1 atom stereocenters. The standard InChI is InChI=1S/C25H20BrN3O4/c26-20-11-9-17(10-12-20)16-5-7-18(8-6-16)23(30)15-19(25(32)33)13-14-29-24(31)21-3-1-2-4-22(21)27-28-29/h1-12,19H,13-15H2,(H,32,33)/t19-/m1/s1. The molecule has 3 aromatic carbocycles. The van der Waals surface area contributed by atoms with Crippen LogP contribution in [0.1, 0.15) is 23.2 Å². The maximum Gasteiger partial charge on any atom is 0.307 e. The molecule has 0 amide bonds. The minimum absolute atomic E-state index is 0.0589. The van der Waals surface area contributed by atoms with E-state index in [4.69, 9.17) is 0 Å². The summed E-state index contributed by atoms with van der Waals surface area (Å²) in [4.78, 5) is 37.1. The van der Waals surface area contributed by atoms with Gasteiger partial charge < -0.3 is 5.11 Å². The molecule has 166 valence electrons. The second-order valence-corrected chi connectivity index (χ2v) is 8.59. The maximum atomic E-state index is 12.7. The highest BCUT2D eigenvalue weighted by Gasteiger charge is 2.22. The highest BCUT2D eigenvalue weighted by molar-refractivity contribution is 9.10. The number of fused-ring (bicyclic) bond motifs is 1. The molecule has 0 bridgehead atoms. The Bertz CT molecular complexity index is 1370. The molecular weight excluding hydrogens is 486 g/mol. The second kappa shape index (κ2) is 9.87. The molecule has 0 spiro atoms. The summed E-state index contributed by atoms with van der Waals surface area (Å²) < 4.78 is 2.13. The Hall–Kier alpha value is -3.65. The summed E-state index contributed by atoms with van der Waals surface area (Å²) in [5.41, 5.74) is 2.57. The number of aromatic nitrogens is 3. The number of aryl methyl sites for hydroxylation is 1. The molecule has 1 heterocycles. The number of carbonyl (C=O) groups excluding carboxylic acids is 1. The molecule has 0 aliphatic heterocycles. The summed E-state index contributed by atoms with van der Waals surface area (Å²) in [7, 11) is 0. The fraction of sp³-hybridized carbons (Fsp3) is 0.160. The number of nitrogens with zero attached hydrogens (tertiary/aromatic N) is 3. The van der Waals surface area contributed by atoms with Gasteiger partial charge in [-0.15, -0.1) is 5.10 Å². The molecule has 0 radical (unpaired) electrons. The van der Waals surface area contributed by atoms with Crippen LogP contribution in [0.5, 0.6) is 0 Å². The number of halogens is 1. The highest BCUT2D eigenvalue weighted by atomic mass is 79.9. The largest absolute Gasteiger partial charge is 0.481 e. The molecule has 7 nitrogen and oxygen atoms in total. The number of hydrogen-bond donors (Lipinski definition) is 1. The van der Waals surface area contributed by atoms with Gasteiger partial charge in [-0.25, -0.2) is 4.68 Å². The number of benzene rings is 3. The Morgan fingerprint density at radius 3 is 2.24 bits per heavy atom. The number of carboxylic acids is 1. The zero-order chi connectivity index (χ0) is 23.4. The van der Waals surface area contributed by atoms with Crippen LogP contribution in [0, 0.1) is 5.92 Å². The fourth-order valence-corrected chi connectivity index (χ4v) is 3.86. The van der Waals surface area contributed by atoms with Crippen molar-refractivity contribution in [1.29, 1.82) is 0 Å². The molecule has 1 aromatic heterocycles. The van der Waals surface area contributed by atoms with Crippen LogP contribution in [0.15, 0.2) is 82.1 Å². The molecule has 8 heteroatoms. The number of carbonyl (C=O) groups is 2. The van der Waals surface area contributed by atoms with Gasteiger partial charge in [0.05, 0.1) is 11.3 Å². The second-order valence-electron chi connectivity index (χ2n) is 7.67. The molecule has 4 rings (SSSR count). The molecule has 0 aliphatic rings. The average Bonchev–Trinajstić information content (AvgIpc) is 2.83. The van der Waals surface area contributed by atoms with Crippen molar-refractivity contribution in [2.24, 2.45) is 5.92 Å². The number of ketones is 1. The predicted octanol–water partition coefficient (Wildman–Crippen LogP) is 4.58. The minimum Gasteiger partial charge on any atom is -0.481 e. The van der Waals surface area contributed by atoms with Crippen LogP contribution in [0.25, 0.3) is 22.0 Å². The minimum atomic E-state index is -1.09. The third kappa shape index (κ3) is 5.23. The van der Waals surface area contributed by atoms with Crippen molar-refractivity contribution in [1.82, 2.24) is 15.0 Å². The number of carboxylic acid groups (broad SMARTS) is 1. The molecule has 0 saturated carbocycles. The number of Topliss-reactive ketones (excluding diaryl/α,β-unsaturated/α-hetero) is 1. The first-order valence-corrected chi connectivity index (χ1v) is 11.2. The molecule has 33 heavy (non-hydrogen) atoms. The summed E-state index contributed by atoms with van der Waals surface area (Å²) in [6.07, 6.45) is -0.0757. The van der Waals surface area contributed by atoms with Crippen LogP contribution in [-0.2, 0) is 11.3 Å². The van der Waals surface area contributed by atoms with Gasteiger partial charge >= 0.3 is 5.97 Å². The number of hydrogen-bond acceptors (Lipinski definition) is 5. The van der Waals surface area contributed by atoms with Gasteiger partial charge in [-0.05, 0) is 41.8 Å². The van der Waals surface area contributed by atoms with E-state index in [0.717, 1.165) is 20.3 Å². The van der Waals surface area contributed by atoms with Gasteiger partial charge in [0.2, 0.25) is 0 Å². The van der Waals surface area contributed by atoms with E-state index in [0.29, 0.717) is 16.5 Å². The first-order chi connectivity index (χ1) is 15.9. The van der Waals surface area contributed by atoms with Crippen molar-refractivity contribution in [3.63, 3.8) is 0 Å². The lowest BCUT2D eigenvalue weighted by Gasteiger charge is -2.12. The molecule has 0 unspecified atom stereocenters. The van der Waals surface area contributed by atoms with Gasteiger partial charge in [0, 0.05) is 23.0 Å². The maximum absolute atomic E-state index is 12.7. The van der Waals surface area contributed by atoms with Crippen LogP contribution in [0.2, 0.25) is 0 Å². The summed E-state index contributed by atoms with van der Waals surface area (Å²) in [6.45, 7) is 0.0589. The number of rotatable bonds is 8. The molecular formula is C25H20BrN3O4. The van der Waals surface area contributed by atoms with Gasteiger partial charge in [0.15, 0.2) is 5.78 Å². The first kappa shape index (κ1) is 22.5. The van der Waals surface area contributed by atoms with Gasteiger partial charge in [-0.2, -0.15) is 0 Å². The van der Waals surface area contributed by atoms with Crippen LogP contribution < -0.4 is 5.56 Å². The quantitative estimate of drug-likeness (QED) is 0.351. The Labute approximate surface area is 197 Å². The zero-order valence-corrected chi connectivity index (χ0v) is 19.1. The molecule has 0 aliphatic carbocycles. The molecule has 0 fully saturated rings. The van der Waals surface area contributed by atoms with Crippen LogP contribution in [0.4, 0.5) is 0 Å². The predicted molar refractivity (Wildman–Crippen MR) is 128 cm³/mol. The smallest absolute Gasteiger partial charge is 0.307 e. The fourth-order valence-electron chi connectivity index (χ4n) is 3.59. The SMILES string of the molecule is O=C(C[C@@H](CCn1nnc2ccccc2c1=O)C(=O)O)c1ccc(-c2ccc(Br)cc2)cc1. The van der Waals surface area contributed by atoms with Gasteiger partial charge in [0.25, 0.3) is 5.56 Å². The van der Waals surface area contributed by atoms with Crippen molar-refractivity contribution in [3.8, 4) is 11.1 Å². The Morgan fingerprint density at radius 2 is 1.58 bits per heavy atom.